The third-order valence-electron chi connectivity index (χ3n) is 3.92. The minimum Gasteiger partial charge on any atom is -0.384 e. The number of likely N-dealkylation sites (tertiary alicyclic amines) is 1. The maximum atomic E-state index is 10.6. The van der Waals surface area contributed by atoms with E-state index in [0.29, 0.717) is 12.6 Å². The first-order chi connectivity index (χ1) is 8.62. The van der Waals surface area contributed by atoms with E-state index in [1.54, 1.807) is 0 Å². The van der Waals surface area contributed by atoms with Crippen LogP contribution in [0.1, 0.15) is 25.3 Å². The van der Waals surface area contributed by atoms with Gasteiger partial charge in [0.05, 0.1) is 5.60 Å². The molecule has 0 saturated carbocycles. The molecule has 18 heavy (non-hydrogen) atoms. The Morgan fingerprint density at radius 1 is 1.28 bits per heavy atom. The first kappa shape index (κ1) is 13.5. The van der Waals surface area contributed by atoms with Crippen molar-refractivity contribution in [2.75, 3.05) is 26.7 Å². The summed E-state index contributed by atoms with van der Waals surface area (Å²) in [5.41, 5.74) is 0.244. The second-order valence-electron chi connectivity index (χ2n) is 5.48. The fourth-order valence-corrected chi connectivity index (χ4v) is 2.70. The minimum atomic E-state index is -0.756. The highest BCUT2D eigenvalue weighted by Gasteiger charge is 2.28. The van der Waals surface area contributed by atoms with Gasteiger partial charge in [0.1, 0.15) is 0 Å². The Labute approximate surface area is 110 Å². The molecule has 0 spiro atoms. The van der Waals surface area contributed by atoms with Crippen LogP contribution in [-0.2, 0) is 5.60 Å². The minimum absolute atomic E-state index is 0.642. The van der Waals surface area contributed by atoms with Gasteiger partial charge in [-0.25, -0.2) is 0 Å². The first-order valence-electron chi connectivity index (χ1n) is 6.79. The zero-order valence-electron chi connectivity index (χ0n) is 11.4. The van der Waals surface area contributed by atoms with E-state index in [1.165, 1.54) is 12.8 Å². The van der Waals surface area contributed by atoms with Crippen LogP contribution in [0, 0.1) is 0 Å². The summed E-state index contributed by atoms with van der Waals surface area (Å²) in [5, 5.41) is 13.9. The second-order valence-corrected chi connectivity index (χ2v) is 5.48. The van der Waals surface area contributed by atoms with Crippen molar-refractivity contribution in [2.45, 2.75) is 31.4 Å². The largest absolute Gasteiger partial charge is 0.384 e. The molecule has 1 aromatic rings. The van der Waals surface area contributed by atoms with Gasteiger partial charge in [0.2, 0.25) is 0 Å². The highest BCUT2D eigenvalue weighted by atomic mass is 16.3. The summed E-state index contributed by atoms with van der Waals surface area (Å²) < 4.78 is 0. The van der Waals surface area contributed by atoms with Crippen molar-refractivity contribution in [1.29, 1.82) is 0 Å². The molecule has 0 aromatic heterocycles. The number of aliphatic hydroxyl groups is 1. The van der Waals surface area contributed by atoms with Gasteiger partial charge >= 0.3 is 0 Å². The molecular formula is C15H24N2O. The molecule has 0 bridgehead atoms. The number of piperidine rings is 1. The normalized spacial score (nSPS) is 21.7. The van der Waals surface area contributed by atoms with Crippen LogP contribution in [0.5, 0.6) is 0 Å². The molecule has 1 aromatic carbocycles. The predicted octanol–water partition coefficient (Wildman–Crippen LogP) is 1.58. The molecule has 2 N–H and O–H groups in total. The summed E-state index contributed by atoms with van der Waals surface area (Å²) in [4.78, 5) is 2.36. The van der Waals surface area contributed by atoms with E-state index in [0.717, 1.165) is 18.7 Å². The summed E-state index contributed by atoms with van der Waals surface area (Å²) in [7, 11) is 2.03. The molecular weight excluding hydrogens is 224 g/mol. The Balaban J connectivity index is 1.93. The summed E-state index contributed by atoms with van der Waals surface area (Å²) in [6.07, 6.45) is 2.34. The van der Waals surface area contributed by atoms with E-state index in [-0.39, 0.29) is 0 Å². The number of nitrogens with one attached hydrogen (secondary N) is 1. The van der Waals surface area contributed by atoms with E-state index < -0.39 is 5.60 Å². The summed E-state index contributed by atoms with van der Waals surface area (Å²) in [6, 6.07) is 10.6. The van der Waals surface area contributed by atoms with Crippen molar-refractivity contribution in [2.24, 2.45) is 0 Å². The quantitative estimate of drug-likeness (QED) is 0.849. The van der Waals surface area contributed by atoms with E-state index >= 15 is 0 Å². The van der Waals surface area contributed by atoms with Crippen molar-refractivity contribution in [3.63, 3.8) is 0 Å². The number of rotatable bonds is 4. The van der Waals surface area contributed by atoms with Gasteiger partial charge in [-0.3, -0.25) is 0 Å². The van der Waals surface area contributed by atoms with Gasteiger partial charge in [-0.05, 0) is 45.5 Å². The Morgan fingerprint density at radius 3 is 2.44 bits per heavy atom. The van der Waals surface area contributed by atoms with Crippen molar-refractivity contribution in [3.8, 4) is 0 Å². The monoisotopic (exact) mass is 248 g/mol. The first-order valence-corrected chi connectivity index (χ1v) is 6.79. The molecule has 3 heteroatoms. The molecule has 2 rings (SSSR count). The van der Waals surface area contributed by atoms with E-state index in [1.807, 2.05) is 44.3 Å². The summed E-state index contributed by atoms with van der Waals surface area (Å²) >= 11 is 0. The van der Waals surface area contributed by atoms with Crippen LogP contribution in [0.25, 0.3) is 0 Å². The third-order valence-corrected chi connectivity index (χ3v) is 3.92. The standard InChI is InChI=1S/C15H24N2O/c1-15(18,13-6-4-3-5-7-13)12-17-10-8-14(16-2)9-11-17/h3-7,14,16,18H,8-12H2,1-2H3. The average Bonchev–Trinajstić information content (AvgIpc) is 2.40. The van der Waals surface area contributed by atoms with E-state index in [4.69, 9.17) is 0 Å². The number of benzene rings is 1. The van der Waals surface area contributed by atoms with Crippen LogP contribution in [0.4, 0.5) is 0 Å². The van der Waals surface area contributed by atoms with Gasteiger partial charge in [0.15, 0.2) is 0 Å². The average molecular weight is 248 g/mol. The van der Waals surface area contributed by atoms with Gasteiger partial charge < -0.3 is 15.3 Å². The van der Waals surface area contributed by atoms with Crippen molar-refractivity contribution < 1.29 is 5.11 Å². The van der Waals surface area contributed by atoms with Gasteiger partial charge in [-0.1, -0.05) is 30.3 Å². The van der Waals surface area contributed by atoms with E-state index in [9.17, 15) is 5.11 Å². The zero-order chi connectivity index (χ0) is 13.0. The molecule has 0 amide bonds. The Morgan fingerprint density at radius 2 is 1.89 bits per heavy atom. The number of nitrogens with zero attached hydrogens (tertiary/aromatic N) is 1. The zero-order valence-corrected chi connectivity index (χ0v) is 11.4. The molecule has 0 radical (unpaired) electrons. The van der Waals surface area contributed by atoms with E-state index in [2.05, 4.69) is 10.2 Å². The maximum absolute atomic E-state index is 10.6. The molecule has 1 fully saturated rings. The lowest BCUT2D eigenvalue weighted by atomic mass is 9.94. The predicted molar refractivity (Wildman–Crippen MR) is 74.5 cm³/mol. The van der Waals surface area contributed by atoms with Crippen LogP contribution in [0.2, 0.25) is 0 Å². The fraction of sp³-hybridized carbons (Fsp3) is 0.600. The number of β-amino-alcohol motifs (C(OH)–C–C–N with tert-alkyl or cyclic N) is 1. The maximum Gasteiger partial charge on any atom is 0.0994 e. The van der Waals surface area contributed by atoms with Gasteiger partial charge in [0.25, 0.3) is 0 Å². The van der Waals surface area contributed by atoms with Crippen LogP contribution in [-0.4, -0.2) is 42.7 Å². The Hall–Kier alpha value is -0.900. The van der Waals surface area contributed by atoms with Gasteiger partial charge in [-0.2, -0.15) is 0 Å². The van der Waals surface area contributed by atoms with Gasteiger partial charge in [0, 0.05) is 12.6 Å². The smallest absolute Gasteiger partial charge is 0.0994 e. The third kappa shape index (κ3) is 3.31. The molecule has 1 saturated heterocycles. The molecule has 1 aliphatic rings. The van der Waals surface area contributed by atoms with Crippen LogP contribution in [0.15, 0.2) is 30.3 Å². The number of hydrogen-bond acceptors (Lipinski definition) is 3. The summed E-state index contributed by atoms with van der Waals surface area (Å²) in [5.74, 6) is 0. The SMILES string of the molecule is CNC1CCN(CC(C)(O)c2ccccc2)CC1. The highest BCUT2D eigenvalue weighted by molar-refractivity contribution is 5.21. The molecule has 1 heterocycles. The molecule has 3 nitrogen and oxygen atoms in total. The molecule has 1 aliphatic heterocycles. The lowest BCUT2D eigenvalue weighted by Gasteiger charge is -2.36. The number of hydrogen-bond donors (Lipinski definition) is 2. The molecule has 100 valence electrons. The lowest BCUT2D eigenvalue weighted by Crippen LogP contribution is -2.46. The fourth-order valence-electron chi connectivity index (χ4n) is 2.70. The molecule has 1 unspecified atom stereocenters. The van der Waals surface area contributed by atoms with Crippen molar-refractivity contribution >= 4 is 0 Å². The topological polar surface area (TPSA) is 35.5 Å². The Kier molecular flexibility index (Phi) is 4.38. The lowest BCUT2D eigenvalue weighted by molar-refractivity contribution is 0.00811. The second kappa shape index (κ2) is 5.83. The van der Waals surface area contributed by atoms with Crippen molar-refractivity contribution in [3.05, 3.63) is 35.9 Å². The van der Waals surface area contributed by atoms with Crippen LogP contribution >= 0.6 is 0 Å². The Bertz CT molecular complexity index is 356. The molecule has 0 aliphatic carbocycles. The van der Waals surface area contributed by atoms with Gasteiger partial charge in [-0.15, -0.1) is 0 Å². The molecule has 1 atom stereocenters. The van der Waals surface area contributed by atoms with Crippen molar-refractivity contribution in [1.82, 2.24) is 10.2 Å². The van der Waals surface area contributed by atoms with Crippen LogP contribution < -0.4 is 5.32 Å². The van der Waals surface area contributed by atoms with Crippen LogP contribution in [0.3, 0.4) is 0 Å². The highest BCUT2D eigenvalue weighted by Crippen LogP contribution is 2.23. The summed E-state index contributed by atoms with van der Waals surface area (Å²) in [6.45, 7) is 4.75.